The Bertz CT molecular complexity index is 283. The molecule has 11 heavy (non-hydrogen) atoms. The van der Waals surface area contributed by atoms with Crippen LogP contribution in [-0.2, 0) is 0 Å². The summed E-state index contributed by atoms with van der Waals surface area (Å²) in [6.07, 6.45) is 1.50. The van der Waals surface area contributed by atoms with E-state index < -0.39 is 0 Å². The Balaban J connectivity index is 2.43. The maximum atomic E-state index is 3.77. The number of tetrazole rings is 1. The molecule has 0 bridgehead atoms. The van der Waals surface area contributed by atoms with E-state index in [1.807, 2.05) is 0 Å². The summed E-state index contributed by atoms with van der Waals surface area (Å²) >= 11 is 0. The lowest BCUT2D eigenvalue weighted by Gasteiger charge is -2.07. The monoisotopic (exact) mass is 153 g/mol. The molecule has 1 N–H and O–H groups in total. The van der Waals surface area contributed by atoms with Gasteiger partial charge in [-0.25, -0.2) is 0 Å². The molecule has 1 aromatic heterocycles. The molecule has 0 aromatic carbocycles. The average molecular weight is 153 g/mol. The Labute approximate surface area is 61.2 Å². The smallest absolute Gasteiger partial charge is 0.172 e. The van der Waals surface area contributed by atoms with Crippen molar-refractivity contribution in [3.05, 3.63) is 0 Å². The maximum Gasteiger partial charge on any atom is 0.402 e. The van der Waals surface area contributed by atoms with Gasteiger partial charge in [-0.05, 0) is 5.21 Å². The fraction of sp³-hybridized carbons (Fsp3) is 0.333. The third-order valence-corrected chi connectivity index (χ3v) is 1.29. The molecule has 0 radical (unpaired) electrons. The average Bonchev–Trinajstić information content (AvgIpc) is 2.55. The van der Waals surface area contributed by atoms with Crippen LogP contribution in [0.15, 0.2) is 15.5 Å². The van der Waals surface area contributed by atoms with Crippen LogP contribution >= 0.6 is 0 Å². The van der Waals surface area contributed by atoms with Gasteiger partial charge in [-0.15, -0.1) is 0 Å². The predicted octanol–water partition coefficient (Wildman–Crippen LogP) is -0.539. The molecule has 1 atom stereocenters. The standard InChI is InChI=1S/C3H5N8/c1-11(2-4-7-10-11)3-5-8-9-6-3/h2H,1H3,(H,5,6,8,9)/q+1. The fourth-order valence-corrected chi connectivity index (χ4v) is 0.693. The lowest BCUT2D eigenvalue weighted by molar-refractivity contribution is 0.494. The van der Waals surface area contributed by atoms with Gasteiger partial charge in [0.15, 0.2) is 0 Å². The fourth-order valence-electron chi connectivity index (χ4n) is 0.693. The number of quaternary nitrogens is 1. The zero-order valence-corrected chi connectivity index (χ0v) is 5.71. The Hall–Kier alpha value is -1.70. The van der Waals surface area contributed by atoms with Gasteiger partial charge in [-0.2, -0.15) is 5.21 Å². The van der Waals surface area contributed by atoms with E-state index in [9.17, 15) is 0 Å². The van der Waals surface area contributed by atoms with E-state index in [0.717, 1.165) is 0 Å². The second-order valence-corrected chi connectivity index (χ2v) is 2.15. The topological polar surface area (TPSA) is 91.5 Å². The van der Waals surface area contributed by atoms with Crippen LogP contribution in [0.4, 0.5) is 5.95 Å². The van der Waals surface area contributed by atoms with Crippen molar-refractivity contribution in [1.82, 2.24) is 25.2 Å². The lowest BCUT2D eigenvalue weighted by Crippen LogP contribution is -2.36. The molecule has 8 heteroatoms. The van der Waals surface area contributed by atoms with Crippen molar-refractivity contribution in [2.75, 3.05) is 7.05 Å². The molecule has 0 saturated heterocycles. The molecule has 0 aliphatic carbocycles. The molecule has 1 aliphatic rings. The number of aromatic nitrogens is 4. The molecule has 0 fully saturated rings. The van der Waals surface area contributed by atoms with Crippen LogP contribution < -0.4 is 4.59 Å². The van der Waals surface area contributed by atoms with Crippen molar-refractivity contribution in [3.8, 4) is 0 Å². The molecule has 1 aromatic rings. The number of rotatable bonds is 1. The van der Waals surface area contributed by atoms with Gasteiger partial charge in [0.05, 0.1) is 5.22 Å². The molecule has 0 saturated carbocycles. The largest absolute Gasteiger partial charge is 0.402 e. The molecule has 1 unspecified atom stereocenters. The maximum absolute atomic E-state index is 3.77. The number of hydrogen-bond donors (Lipinski definition) is 1. The molecule has 1 aliphatic heterocycles. The first-order valence-electron chi connectivity index (χ1n) is 2.88. The molecular formula is C3H5N8+. The second kappa shape index (κ2) is 1.89. The van der Waals surface area contributed by atoms with Crippen molar-refractivity contribution in [1.29, 1.82) is 0 Å². The molecule has 0 amide bonds. The summed E-state index contributed by atoms with van der Waals surface area (Å²) in [6, 6.07) is 0. The van der Waals surface area contributed by atoms with E-state index in [4.69, 9.17) is 0 Å². The van der Waals surface area contributed by atoms with Crippen LogP contribution in [0.2, 0.25) is 0 Å². The SMILES string of the molecule is C[N+]1(c2nn[nH]n2)C=NN=N1. The summed E-state index contributed by atoms with van der Waals surface area (Å²) in [5.41, 5.74) is 0. The quantitative estimate of drug-likeness (QED) is 0.549. The minimum Gasteiger partial charge on any atom is -0.172 e. The first kappa shape index (κ1) is 6.04. The van der Waals surface area contributed by atoms with Crippen molar-refractivity contribution < 1.29 is 0 Å². The highest BCUT2D eigenvalue weighted by atomic mass is 15.8. The zero-order chi connectivity index (χ0) is 7.73. The van der Waals surface area contributed by atoms with Gasteiger partial charge >= 0.3 is 5.95 Å². The molecule has 56 valence electrons. The molecule has 0 spiro atoms. The van der Waals surface area contributed by atoms with Crippen molar-refractivity contribution in [2.24, 2.45) is 15.5 Å². The van der Waals surface area contributed by atoms with Crippen molar-refractivity contribution >= 4 is 12.3 Å². The normalized spacial score (nSPS) is 28.1. The van der Waals surface area contributed by atoms with Crippen molar-refractivity contribution in [3.63, 3.8) is 0 Å². The third-order valence-electron chi connectivity index (χ3n) is 1.29. The first-order chi connectivity index (χ1) is 5.31. The van der Waals surface area contributed by atoms with Gasteiger partial charge in [0.2, 0.25) is 6.34 Å². The second-order valence-electron chi connectivity index (χ2n) is 2.15. The lowest BCUT2D eigenvalue weighted by atomic mass is 10.8. The number of nitrogens with zero attached hydrogens (tertiary/aromatic N) is 7. The Kier molecular flexibility index (Phi) is 1.04. The van der Waals surface area contributed by atoms with Gasteiger partial charge in [-0.3, -0.25) is 0 Å². The van der Waals surface area contributed by atoms with E-state index in [2.05, 4.69) is 36.2 Å². The Morgan fingerprint density at radius 1 is 1.55 bits per heavy atom. The highest BCUT2D eigenvalue weighted by Gasteiger charge is 2.32. The third kappa shape index (κ3) is 0.799. The highest BCUT2D eigenvalue weighted by molar-refractivity contribution is 5.68. The summed E-state index contributed by atoms with van der Waals surface area (Å²) in [5.74, 6) is 0.412. The Morgan fingerprint density at radius 2 is 2.45 bits per heavy atom. The predicted molar refractivity (Wildman–Crippen MR) is 35.2 cm³/mol. The van der Waals surface area contributed by atoms with Gasteiger partial charge < -0.3 is 0 Å². The first-order valence-corrected chi connectivity index (χ1v) is 2.88. The van der Waals surface area contributed by atoms with Crippen molar-refractivity contribution in [2.45, 2.75) is 0 Å². The van der Waals surface area contributed by atoms with Crippen LogP contribution in [0.25, 0.3) is 0 Å². The molecule has 8 nitrogen and oxygen atoms in total. The van der Waals surface area contributed by atoms with Crippen LogP contribution in [-0.4, -0.2) is 34.0 Å². The van der Waals surface area contributed by atoms with Crippen LogP contribution in [0.5, 0.6) is 0 Å². The molecule has 2 heterocycles. The number of nitrogens with one attached hydrogen (secondary N) is 1. The summed E-state index contributed by atoms with van der Waals surface area (Å²) in [7, 11) is 1.74. The summed E-state index contributed by atoms with van der Waals surface area (Å²) < 4.78 is 0.0104. The van der Waals surface area contributed by atoms with Gasteiger partial charge in [-0.1, -0.05) is 19.9 Å². The highest BCUT2D eigenvalue weighted by Crippen LogP contribution is 2.14. The molecular weight excluding hydrogens is 148 g/mol. The van der Waals surface area contributed by atoms with Gasteiger partial charge in [0, 0.05) is 5.22 Å². The summed E-state index contributed by atoms with van der Waals surface area (Å²) in [6.45, 7) is 0. The minimum absolute atomic E-state index is 0.0104. The summed E-state index contributed by atoms with van der Waals surface area (Å²) in [4.78, 5) is 0. The van der Waals surface area contributed by atoms with E-state index in [0.29, 0.717) is 5.95 Å². The number of aromatic amines is 1. The van der Waals surface area contributed by atoms with E-state index in [-0.39, 0.29) is 4.59 Å². The number of hydrogen-bond acceptors (Lipinski definition) is 6. The van der Waals surface area contributed by atoms with E-state index in [1.165, 1.54) is 6.34 Å². The minimum atomic E-state index is 0.0104. The van der Waals surface area contributed by atoms with Gasteiger partial charge in [0.25, 0.3) is 0 Å². The van der Waals surface area contributed by atoms with E-state index >= 15 is 0 Å². The Morgan fingerprint density at radius 3 is 3.00 bits per heavy atom. The van der Waals surface area contributed by atoms with Gasteiger partial charge in [0.1, 0.15) is 7.05 Å². The molecule has 2 rings (SSSR count). The van der Waals surface area contributed by atoms with Crippen LogP contribution in [0, 0.1) is 0 Å². The zero-order valence-electron chi connectivity index (χ0n) is 5.71. The number of H-pyrrole nitrogens is 1. The van der Waals surface area contributed by atoms with Crippen LogP contribution in [0.1, 0.15) is 0 Å². The summed E-state index contributed by atoms with van der Waals surface area (Å²) in [5, 5.41) is 24.0. The van der Waals surface area contributed by atoms with E-state index in [1.54, 1.807) is 7.05 Å². The van der Waals surface area contributed by atoms with Crippen LogP contribution in [0.3, 0.4) is 0 Å².